The normalized spacial score (nSPS) is 14.5. The molecule has 0 radical (unpaired) electrons. The van der Waals surface area contributed by atoms with Gasteiger partial charge in [-0.25, -0.2) is 0 Å². The average molecular weight is 308 g/mol. The zero-order valence-corrected chi connectivity index (χ0v) is 12.7. The van der Waals surface area contributed by atoms with E-state index in [0.29, 0.717) is 0 Å². The highest BCUT2D eigenvalue weighted by atomic mass is 79.9. The summed E-state index contributed by atoms with van der Waals surface area (Å²) in [6, 6.07) is 0. The Labute approximate surface area is 114 Å². The lowest BCUT2D eigenvalue weighted by molar-refractivity contribution is -0.122. The molecule has 0 rings (SSSR count). The summed E-state index contributed by atoms with van der Waals surface area (Å²) in [6.07, 6.45) is 6.67. The molecule has 102 valence electrons. The van der Waals surface area contributed by atoms with E-state index >= 15 is 0 Å². The maximum Gasteiger partial charge on any atom is 0.220 e. The van der Waals surface area contributed by atoms with E-state index in [1.165, 1.54) is 19.3 Å². The van der Waals surface area contributed by atoms with Gasteiger partial charge in [0.15, 0.2) is 0 Å². The summed E-state index contributed by atoms with van der Waals surface area (Å²) in [7, 11) is 0. The number of rotatable bonds is 11. The highest BCUT2D eigenvalue weighted by Crippen LogP contribution is 2.13. The summed E-state index contributed by atoms with van der Waals surface area (Å²) in [4.78, 5) is 11.0. The fourth-order valence-electron chi connectivity index (χ4n) is 1.66. The van der Waals surface area contributed by atoms with Crippen LogP contribution in [0.4, 0.5) is 0 Å². The van der Waals surface area contributed by atoms with Crippen molar-refractivity contribution in [3.63, 3.8) is 0 Å². The Hall–Kier alpha value is -0.0900. The van der Waals surface area contributed by atoms with Gasteiger partial charge in [0.25, 0.3) is 0 Å². The molecule has 4 heteroatoms. The first-order valence-corrected chi connectivity index (χ1v) is 7.70. The topological polar surface area (TPSA) is 52.3 Å². The van der Waals surface area contributed by atoms with Crippen LogP contribution in [0.1, 0.15) is 52.4 Å². The maximum atomic E-state index is 11.0. The number of nitrogens with two attached hydrogens (primary N) is 1. The summed E-state index contributed by atoms with van der Waals surface area (Å²) in [6.45, 7) is 4.75. The van der Waals surface area contributed by atoms with Crippen LogP contribution in [0.5, 0.6) is 0 Å². The molecular weight excluding hydrogens is 282 g/mol. The van der Waals surface area contributed by atoms with E-state index in [4.69, 9.17) is 10.5 Å². The highest BCUT2D eigenvalue weighted by molar-refractivity contribution is 9.09. The molecule has 0 aliphatic rings. The molecule has 0 aliphatic carbocycles. The van der Waals surface area contributed by atoms with E-state index in [1.807, 2.05) is 6.92 Å². The number of amides is 1. The molecule has 0 saturated carbocycles. The summed E-state index contributed by atoms with van der Waals surface area (Å²) >= 11 is 3.42. The number of alkyl halides is 1. The second-order valence-electron chi connectivity index (χ2n) is 4.54. The SMILES string of the molecule is CCC(CC(C)C(N)=O)OCCCCCCBr. The van der Waals surface area contributed by atoms with E-state index in [1.54, 1.807) is 0 Å². The van der Waals surface area contributed by atoms with Crippen LogP contribution < -0.4 is 5.73 Å². The van der Waals surface area contributed by atoms with Gasteiger partial charge in [0.2, 0.25) is 5.91 Å². The quantitative estimate of drug-likeness (QED) is 0.470. The smallest absolute Gasteiger partial charge is 0.220 e. The molecule has 2 atom stereocenters. The Morgan fingerprint density at radius 2 is 1.94 bits per heavy atom. The standard InChI is InChI=1S/C13H26BrNO2/c1-3-12(10-11(2)13(15)16)17-9-7-5-4-6-8-14/h11-12H,3-10H2,1-2H3,(H2,15,16). The number of carbonyl (C=O) groups is 1. The lowest BCUT2D eigenvalue weighted by atomic mass is 10.0. The molecule has 0 aliphatic heterocycles. The summed E-state index contributed by atoms with van der Waals surface area (Å²) in [5.74, 6) is -0.322. The molecule has 0 fully saturated rings. The van der Waals surface area contributed by atoms with Gasteiger partial charge >= 0.3 is 0 Å². The fourth-order valence-corrected chi connectivity index (χ4v) is 2.06. The van der Waals surface area contributed by atoms with Crippen LogP contribution in [0, 0.1) is 5.92 Å². The molecule has 0 bridgehead atoms. The zero-order valence-electron chi connectivity index (χ0n) is 11.1. The first-order chi connectivity index (χ1) is 8.11. The van der Waals surface area contributed by atoms with Gasteiger partial charge < -0.3 is 10.5 Å². The molecule has 0 aromatic heterocycles. The number of unbranched alkanes of at least 4 members (excludes halogenated alkanes) is 3. The van der Waals surface area contributed by atoms with Crippen LogP contribution in [0.2, 0.25) is 0 Å². The van der Waals surface area contributed by atoms with Gasteiger partial charge in [-0.3, -0.25) is 4.79 Å². The summed E-state index contributed by atoms with van der Waals surface area (Å²) in [5, 5.41) is 1.08. The third-order valence-electron chi connectivity index (χ3n) is 2.94. The molecule has 2 N–H and O–H groups in total. The number of hydrogen-bond acceptors (Lipinski definition) is 2. The van der Waals surface area contributed by atoms with Crippen LogP contribution in [-0.2, 0) is 9.53 Å². The second kappa shape index (κ2) is 11.0. The van der Waals surface area contributed by atoms with Crippen molar-refractivity contribution in [3.8, 4) is 0 Å². The molecule has 0 aromatic carbocycles. The minimum Gasteiger partial charge on any atom is -0.378 e. The lowest BCUT2D eigenvalue weighted by Gasteiger charge is -2.18. The molecule has 0 aromatic rings. The Morgan fingerprint density at radius 1 is 1.29 bits per heavy atom. The van der Waals surface area contributed by atoms with E-state index in [9.17, 15) is 4.79 Å². The van der Waals surface area contributed by atoms with Crippen molar-refractivity contribution in [2.45, 2.75) is 58.5 Å². The van der Waals surface area contributed by atoms with Gasteiger partial charge in [0.1, 0.15) is 0 Å². The van der Waals surface area contributed by atoms with E-state index in [2.05, 4.69) is 22.9 Å². The van der Waals surface area contributed by atoms with Crippen molar-refractivity contribution in [2.24, 2.45) is 11.7 Å². The molecule has 0 spiro atoms. The Balaban J connectivity index is 3.57. The van der Waals surface area contributed by atoms with Gasteiger partial charge in [0, 0.05) is 17.9 Å². The molecular formula is C13H26BrNO2. The van der Waals surface area contributed by atoms with Crippen LogP contribution in [0.25, 0.3) is 0 Å². The molecule has 3 nitrogen and oxygen atoms in total. The van der Waals surface area contributed by atoms with E-state index in [0.717, 1.165) is 31.2 Å². The lowest BCUT2D eigenvalue weighted by Crippen LogP contribution is -2.26. The number of carbonyl (C=O) groups excluding carboxylic acids is 1. The van der Waals surface area contributed by atoms with Gasteiger partial charge in [0.05, 0.1) is 6.10 Å². The van der Waals surface area contributed by atoms with Crippen molar-refractivity contribution < 1.29 is 9.53 Å². The number of halogens is 1. The number of hydrogen-bond donors (Lipinski definition) is 1. The molecule has 1 amide bonds. The predicted octanol–water partition coefficient (Wildman–Crippen LogP) is 3.25. The van der Waals surface area contributed by atoms with E-state index in [-0.39, 0.29) is 17.9 Å². The largest absolute Gasteiger partial charge is 0.378 e. The van der Waals surface area contributed by atoms with Crippen molar-refractivity contribution in [2.75, 3.05) is 11.9 Å². The summed E-state index contributed by atoms with van der Waals surface area (Å²) < 4.78 is 5.77. The first-order valence-electron chi connectivity index (χ1n) is 6.58. The second-order valence-corrected chi connectivity index (χ2v) is 5.34. The number of ether oxygens (including phenoxy) is 1. The van der Waals surface area contributed by atoms with Crippen LogP contribution in [0.3, 0.4) is 0 Å². The monoisotopic (exact) mass is 307 g/mol. The third-order valence-corrected chi connectivity index (χ3v) is 3.50. The fraction of sp³-hybridized carbons (Fsp3) is 0.923. The maximum absolute atomic E-state index is 11.0. The zero-order chi connectivity index (χ0) is 13.1. The number of primary amides is 1. The Bertz CT molecular complexity index is 200. The van der Waals surface area contributed by atoms with Gasteiger partial charge in [-0.2, -0.15) is 0 Å². The van der Waals surface area contributed by atoms with Crippen molar-refractivity contribution in [1.29, 1.82) is 0 Å². The molecule has 0 heterocycles. The summed E-state index contributed by atoms with van der Waals surface area (Å²) in [5.41, 5.74) is 5.25. The van der Waals surface area contributed by atoms with Gasteiger partial charge in [-0.1, -0.05) is 42.6 Å². The highest BCUT2D eigenvalue weighted by Gasteiger charge is 2.15. The molecule has 17 heavy (non-hydrogen) atoms. The van der Waals surface area contributed by atoms with Crippen LogP contribution in [0.15, 0.2) is 0 Å². The van der Waals surface area contributed by atoms with Crippen molar-refractivity contribution in [1.82, 2.24) is 0 Å². The van der Waals surface area contributed by atoms with Crippen molar-refractivity contribution in [3.05, 3.63) is 0 Å². The van der Waals surface area contributed by atoms with Crippen LogP contribution >= 0.6 is 15.9 Å². The average Bonchev–Trinajstić information content (AvgIpc) is 2.31. The van der Waals surface area contributed by atoms with Crippen molar-refractivity contribution >= 4 is 21.8 Å². The Kier molecular flexibility index (Phi) is 11.0. The third kappa shape index (κ3) is 9.60. The van der Waals surface area contributed by atoms with Gasteiger partial charge in [-0.15, -0.1) is 0 Å². The minimum absolute atomic E-state index is 0.0895. The predicted molar refractivity (Wildman–Crippen MR) is 75.3 cm³/mol. The first kappa shape index (κ1) is 16.9. The molecule has 2 unspecified atom stereocenters. The van der Waals surface area contributed by atoms with E-state index < -0.39 is 0 Å². The Morgan fingerprint density at radius 3 is 2.47 bits per heavy atom. The molecule has 0 saturated heterocycles. The van der Waals surface area contributed by atoms with Crippen LogP contribution in [-0.4, -0.2) is 23.9 Å². The minimum atomic E-state index is -0.232. The van der Waals surface area contributed by atoms with Gasteiger partial charge in [-0.05, 0) is 25.7 Å².